The van der Waals surface area contributed by atoms with E-state index in [4.69, 9.17) is 9.46 Å². The minimum absolute atomic E-state index is 0. The van der Waals surface area contributed by atoms with Crippen molar-refractivity contribution >= 4 is 8.69 Å². The Bertz CT molecular complexity index is 55.3. The average Bonchev–Trinajstić information content (AvgIpc) is 1.93. The van der Waals surface area contributed by atoms with Crippen molar-refractivity contribution in [3.05, 3.63) is 6.42 Å². The number of hydrogen-bond donors (Lipinski definition) is 1. The zero-order valence-electron chi connectivity index (χ0n) is 6.12. The van der Waals surface area contributed by atoms with Crippen molar-refractivity contribution < 1.29 is 28.9 Å². The second-order valence-electron chi connectivity index (χ2n) is 2.01. The van der Waals surface area contributed by atoms with Gasteiger partial charge < -0.3 is 11.3 Å². The Morgan fingerprint density at radius 2 is 1.60 bits per heavy atom. The topological polar surface area (TPSA) is 37.3 Å². The van der Waals surface area contributed by atoms with Crippen molar-refractivity contribution in [2.45, 2.75) is 32.1 Å². The molecule has 1 aliphatic rings. The van der Waals surface area contributed by atoms with E-state index < -0.39 is 8.69 Å². The van der Waals surface area contributed by atoms with Crippen molar-refractivity contribution in [2.75, 3.05) is 0 Å². The third-order valence-corrected chi connectivity index (χ3v) is 1.32. The fraction of sp³-hybridized carbons (Fsp3) is 0.833. The molecule has 0 aromatic heterocycles. The SMILES string of the molecule is O=PO.[CH-]1CCCCC1.[Zn]. The van der Waals surface area contributed by atoms with Gasteiger partial charge >= 0.3 is 8.69 Å². The van der Waals surface area contributed by atoms with E-state index in [1.54, 1.807) is 0 Å². The molecule has 0 aromatic rings. The molecule has 56 valence electrons. The Morgan fingerprint density at radius 3 is 1.70 bits per heavy atom. The molecule has 0 spiro atoms. The Labute approximate surface area is 76.4 Å². The van der Waals surface area contributed by atoms with Gasteiger partial charge in [-0.2, -0.15) is 12.8 Å². The van der Waals surface area contributed by atoms with Crippen molar-refractivity contribution in [2.24, 2.45) is 0 Å². The van der Waals surface area contributed by atoms with Gasteiger partial charge in [-0.25, -0.2) is 4.57 Å². The van der Waals surface area contributed by atoms with E-state index in [9.17, 15) is 0 Å². The first-order valence-electron chi connectivity index (χ1n) is 3.20. The second kappa shape index (κ2) is 12.4. The van der Waals surface area contributed by atoms with Crippen molar-refractivity contribution in [3.8, 4) is 0 Å². The standard InChI is InChI=1S/C6H11.HO2P.Zn/c1-2-4-6-5-3-1;1-3-2;/h1H,2-6H2;(H,1,2);/q-1;;. The molecule has 1 aliphatic carbocycles. The number of rotatable bonds is 0. The fourth-order valence-corrected chi connectivity index (χ4v) is 0.898. The molecule has 0 heterocycles. The zero-order valence-corrected chi connectivity index (χ0v) is 9.98. The second-order valence-corrected chi connectivity index (χ2v) is 2.17. The van der Waals surface area contributed by atoms with E-state index in [1.165, 1.54) is 32.1 Å². The predicted octanol–water partition coefficient (Wildman–Crippen LogP) is 2.34. The molecule has 2 nitrogen and oxygen atoms in total. The molecule has 4 heteroatoms. The van der Waals surface area contributed by atoms with E-state index in [-0.39, 0.29) is 19.5 Å². The van der Waals surface area contributed by atoms with Crippen LogP contribution in [0.4, 0.5) is 0 Å². The quantitative estimate of drug-likeness (QED) is 0.380. The van der Waals surface area contributed by atoms with Gasteiger partial charge in [0.05, 0.1) is 0 Å². The molecular weight excluding hydrogens is 200 g/mol. The van der Waals surface area contributed by atoms with Crippen LogP contribution in [-0.2, 0) is 24.0 Å². The van der Waals surface area contributed by atoms with E-state index in [0.29, 0.717) is 0 Å². The summed E-state index contributed by atoms with van der Waals surface area (Å²) in [5, 5.41) is 0. The molecular formula is C6H12O2PZn-. The third-order valence-electron chi connectivity index (χ3n) is 1.32. The molecule has 0 radical (unpaired) electrons. The van der Waals surface area contributed by atoms with Gasteiger partial charge in [-0.1, -0.05) is 19.3 Å². The Balaban J connectivity index is 0. The summed E-state index contributed by atoms with van der Waals surface area (Å²) in [4.78, 5) is 6.99. The van der Waals surface area contributed by atoms with Gasteiger partial charge in [-0.3, -0.25) is 0 Å². The van der Waals surface area contributed by atoms with E-state index in [2.05, 4.69) is 6.42 Å². The van der Waals surface area contributed by atoms with Crippen molar-refractivity contribution in [3.63, 3.8) is 0 Å². The summed E-state index contributed by atoms with van der Waals surface area (Å²) in [5.74, 6) is 0. The maximum atomic E-state index is 8.46. The van der Waals surface area contributed by atoms with Crippen molar-refractivity contribution in [1.29, 1.82) is 0 Å². The molecule has 0 aromatic carbocycles. The minimum atomic E-state index is -0.833. The molecule has 0 unspecified atom stereocenters. The molecule has 0 amide bonds. The van der Waals surface area contributed by atoms with Crippen LogP contribution in [0.25, 0.3) is 0 Å². The summed E-state index contributed by atoms with van der Waals surface area (Å²) >= 11 is 0. The summed E-state index contributed by atoms with van der Waals surface area (Å²) in [6, 6.07) is 0. The van der Waals surface area contributed by atoms with Gasteiger partial charge in [-0.15, -0.1) is 0 Å². The van der Waals surface area contributed by atoms with Crippen LogP contribution in [0.5, 0.6) is 0 Å². The summed E-state index contributed by atoms with van der Waals surface area (Å²) in [5.41, 5.74) is 0. The Kier molecular flexibility index (Phi) is 16.4. The van der Waals surface area contributed by atoms with Gasteiger partial charge in [-0.05, 0) is 0 Å². The van der Waals surface area contributed by atoms with Gasteiger partial charge in [0.1, 0.15) is 0 Å². The van der Waals surface area contributed by atoms with Crippen LogP contribution in [0, 0.1) is 6.42 Å². The molecule has 1 rings (SSSR count). The van der Waals surface area contributed by atoms with Crippen LogP contribution in [-0.4, -0.2) is 4.89 Å². The monoisotopic (exact) mass is 211 g/mol. The molecule has 1 N–H and O–H groups in total. The Morgan fingerprint density at radius 1 is 1.20 bits per heavy atom. The summed E-state index contributed by atoms with van der Waals surface area (Å²) in [7, 11) is -0.833. The van der Waals surface area contributed by atoms with E-state index >= 15 is 0 Å². The van der Waals surface area contributed by atoms with Crippen LogP contribution < -0.4 is 0 Å². The first-order valence-corrected chi connectivity index (χ1v) is 3.96. The summed E-state index contributed by atoms with van der Waals surface area (Å²) in [6.45, 7) is 0. The molecule has 0 bridgehead atoms. The van der Waals surface area contributed by atoms with Gasteiger partial charge in [0.15, 0.2) is 0 Å². The largest absolute Gasteiger partial charge is 0.328 e. The minimum Gasteiger partial charge on any atom is -0.328 e. The van der Waals surface area contributed by atoms with Crippen LogP contribution in [0.2, 0.25) is 0 Å². The van der Waals surface area contributed by atoms with E-state index in [1.807, 2.05) is 0 Å². The van der Waals surface area contributed by atoms with Gasteiger partial charge in [0.25, 0.3) is 0 Å². The molecule has 0 atom stereocenters. The molecule has 0 aliphatic heterocycles. The smallest absolute Gasteiger partial charge is 0.324 e. The van der Waals surface area contributed by atoms with Crippen LogP contribution in [0.1, 0.15) is 32.1 Å². The van der Waals surface area contributed by atoms with Crippen LogP contribution in [0.3, 0.4) is 0 Å². The first kappa shape index (κ1) is 13.3. The van der Waals surface area contributed by atoms with Gasteiger partial charge in [0, 0.05) is 19.5 Å². The van der Waals surface area contributed by atoms with Crippen LogP contribution in [0.15, 0.2) is 0 Å². The summed E-state index contributed by atoms with van der Waals surface area (Å²) in [6.07, 6.45) is 9.50. The normalized spacial score (nSPS) is 16.5. The van der Waals surface area contributed by atoms with Crippen molar-refractivity contribution in [1.82, 2.24) is 0 Å². The van der Waals surface area contributed by atoms with Gasteiger partial charge in [0.2, 0.25) is 0 Å². The molecule has 1 saturated carbocycles. The zero-order chi connectivity index (χ0) is 6.95. The molecule has 1 fully saturated rings. The predicted molar refractivity (Wildman–Crippen MR) is 37.2 cm³/mol. The van der Waals surface area contributed by atoms with E-state index in [0.717, 1.165) is 0 Å². The third kappa shape index (κ3) is 11.5. The molecule has 10 heavy (non-hydrogen) atoms. The number of hydrogen-bond acceptors (Lipinski definition) is 1. The first-order chi connectivity index (χ1) is 4.41. The maximum absolute atomic E-state index is 8.46. The van der Waals surface area contributed by atoms with Crippen LogP contribution >= 0.6 is 8.69 Å². The summed E-state index contributed by atoms with van der Waals surface area (Å²) < 4.78 is 8.46. The molecule has 0 saturated heterocycles. The average molecular weight is 213 g/mol. The fourth-order valence-electron chi connectivity index (χ4n) is 0.898. The Hall–Kier alpha value is 0.683. The maximum Gasteiger partial charge on any atom is 0.324 e.